The fourth-order valence-electron chi connectivity index (χ4n) is 2.84. The normalized spacial score (nSPS) is 13.2. The first kappa shape index (κ1) is 15.8. The molecule has 1 aromatic heterocycles. The highest BCUT2D eigenvalue weighted by Gasteiger charge is 2.34. The highest BCUT2D eigenvalue weighted by molar-refractivity contribution is 5.42. The quantitative estimate of drug-likeness (QED) is 0.446. The second-order valence-corrected chi connectivity index (χ2v) is 5.44. The second-order valence-electron chi connectivity index (χ2n) is 5.44. The van der Waals surface area contributed by atoms with Crippen molar-refractivity contribution in [2.24, 2.45) is 0 Å². The van der Waals surface area contributed by atoms with Gasteiger partial charge in [-0.1, -0.05) is 48.5 Å². The molecule has 0 unspecified atom stereocenters. The summed E-state index contributed by atoms with van der Waals surface area (Å²) >= 11 is 0. The first-order valence-electron chi connectivity index (χ1n) is 7.60. The third-order valence-corrected chi connectivity index (χ3v) is 3.95. The van der Waals surface area contributed by atoms with E-state index in [-0.39, 0.29) is 5.69 Å². The topological polar surface area (TPSA) is 67.2 Å². The molecule has 0 aliphatic heterocycles. The Morgan fingerprint density at radius 3 is 2.12 bits per heavy atom. The Morgan fingerprint density at radius 1 is 0.875 bits per heavy atom. The molecular formula is C19H17N2O3+. The molecule has 2 aromatic carbocycles. The van der Waals surface area contributed by atoms with Gasteiger partial charge in [0, 0.05) is 23.8 Å². The number of pyridine rings is 1. The zero-order valence-electron chi connectivity index (χ0n) is 12.9. The second kappa shape index (κ2) is 7.02. The maximum atomic E-state index is 11.3. The maximum absolute atomic E-state index is 11.3. The molecule has 2 atom stereocenters. The van der Waals surface area contributed by atoms with Gasteiger partial charge in [0.15, 0.2) is 18.5 Å². The largest absolute Gasteiger partial charge is 0.381 e. The Kier molecular flexibility index (Phi) is 4.63. The van der Waals surface area contributed by atoms with Crippen molar-refractivity contribution < 1.29 is 14.6 Å². The number of aliphatic hydroxyl groups is 1. The van der Waals surface area contributed by atoms with Gasteiger partial charge < -0.3 is 5.11 Å². The number of nitrogens with zero attached hydrogens (tertiary/aromatic N) is 2. The van der Waals surface area contributed by atoms with E-state index in [2.05, 4.69) is 0 Å². The predicted molar refractivity (Wildman–Crippen MR) is 89.3 cm³/mol. The molecule has 0 saturated carbocycles. The van der Waals surface area contributed by atoms with Crippen LogP contribution in [0, 0.1) is 10.1 Å². The number of nitro groups is 1. The monoisotopic (exact) mass is 321 g/mol. The zero-order valence-corrected chi connectivity index (χ0v) is 12.9. The van der Waals surface area contributed by atoms with E-state index in [9.17, 15) is 15.2 Å². The van der Waals surface area contributed by atoms with Gasteiger partial charge in [-0.15, -0.1) is 0 Å². The Hall–Kier alpha value is -3.05. The van der Waals surface area contributed by atoms with E-state index in [1.54, 1.807) is 18.2 Å². The highest BCUT2D eigenvalue weighted by atomic mass is 16.6. The minimum absolute atomic E-state index is 0.0811. The van der Waals surface area contributed by atoms with Crippen molar-refractivity contribution in [3.63, 3.8) is 0 Å². The lowest BCUT2D eigenvalue weighted by Gasteiger charge is -2.19. The Balaban J connectivity index is 2.12. The number of benzene rings is 2. The molecule has 0 bridgehead atoms. The van der Waals surface area contributed by atoms with Crippen LogP contribution >= 0.6 is 0 Å². The SMILES string of the molecule is O=[N+]([O-])c1ccccc1[C@H](O)[C@@H](c1ccccc1)[n+]1ccccc1. The van der Waals surface area contributed by atoms with Crippen LogP contribution in [0.1, 0.15) is 23.3 Å². The summed E-state index contributed by atoms with van der Waals surface area (Å²) in [5.74, 6) is 0. The molecule has 120 valence electrons. The summed E-state index contributed by atoms with van der Waals surface area (Å²) in [4.78, 5) is 10.8. The van der Waals surface area contributed by atoms with Gasteiger partial charge in [0.05, 0.1) is 10.5 Å². The minimum Gasteiger partial charge on any atom is -0.381 e. The van der Waals surface area contributed by atoms with Crippen molar-refractivity contribution in [2.45, 2.75) is 12.1 Å². The van der Waals surface area contributed by atoms with E-state index >= 15 is 0 Å². The minimum atomic E-state index is -1.05. The summed E-state index contributed by atoms with van der Waals surface area (Å²) in [6.45, 7) is 0. The molecule has 5 nitrogen and oxygen atoms in total. The van der Waals surface area contributed by atoms with E-state index in [4.69, 9.17) is 0 Å². The molecular weight excluding hydrogens is 304 g/mol. The van der Waals surface area contributed by atoms with Gasteiger partial charge in [-0.25, -0.2) is 0 Å². The van der Waals surface area contributed by atoms with E-state index in [1.807, 2.05) is 65.5 Å². The molecule has 3 rings (SSSR count). The number of hydrogen-bond acceptors (Lipinski definition) is 3. The smallest absolute Gasteiger partial charge is 0.275 e. The molecule has 0 saturated heterocycles. The molecule has 0 spiro atoms. The van der Waals surface area contributed by atoms with Crippen LogP contribution in [0.4, 0.5) is 5.69 Å². The van der Waals surface area contributed by atoms with E-state index in [0.29, 0.717) is 5.56 Å². The average Bonchev–Trinajstić information content (AvgIpc) is 2.63. The fraction of sp³-hybridized carbons (Fsp3) is 0.105. The lowest BCUT2D eigenvalue weighted by atomic mass is 9.94. The number of nitro benzene ring substituents is 1. The van der Waals surface area contributed by atoms with Crippen LogP contribution in [-0.4, -0.2) is 10.0 Å². The van der Waals surface area contributed by atoms with Gasteiger partial charge in [0.25, 0.3) is 5.69 Å². The van der Waals surface area contributed by atoms with Crippen molar-refractivity contribution in [1.29, 1.82) is 0 Å². The molecule has 1 N–H and O–H groups in total. The molecule has 0 amide bonds. The Morgan fingerprint density at radius 2 is 1.46 bits per heavy atom. The standard InChI is InChI=1S/C19H17N2O3/c22-19(16-11-5-6-12-17(16)21(23)24)18(15-9-3-1-4-10-15)20-13-7-2-8-14-20/h1-14,18-19,22H/q+1/t18-,19+/m1/s1. The van der Waals surface area contributed by atoms with Crippen molar-refractivity contribution in [3.05, 3.63) is 106 Å². The third kappa shape index (κ3) is 3.16. The molecule has 0 fully saturated rings. The van der Waals surface area contributed by atoms with Crippen LogP contribution in [0.3, 0.4) is 0 Å². The number of aromatic nitrogens is 1. The van der Waals surface area contributed by atoms with Gasteiger partial charge in [-0.2, -0.15) is 4.57 Å². The Labute approximate surface area is 139 Å². The van der Waals surface area contributed by atoms with Crippen molar-refractivity contribution in [1.82, 2.24) is 0 Å². The Bertz CT molecular complexity index is 783. The average molecular weight is 321 g/mol. The summed E-state index contributed by atoms with van der Waals surface area (Å²) in [5, 5.41) is 22.3. The van der Waals surface area contributed by atoms with Gasteiger partial charge in [0.1, 0.15) is 0 Å². The summed E-state index contributed by atoms with van der Waals surface area (Å²) in [6, 6.07) is 20.9. The van der Waals surface area contributed by atoms with Crippen LogP contribution in [-0.2, 0) is 0 Å². The lowest BCUT2D eigenvalue weighted by Crippen LogP contribution is -2.42. The molecule has 5 heteroatoms. The maximum Gasteiger partial charge on any atom is 0.275 e. The molecule has 0 aliphatic rings. The van der Waals surface area contributed by atoms with Crippen LogP contribution in [0.5, 0.6) is 0 Å². The highest BCUT2D eigenvalue weighted by Crippen LogP contribution is 2.33. The fourth-order valence-corrected chi connectivity index (χ4v) is 2.84. The molecule has 1 heterocycles. The van der Waals surface area contributed by atoms with E-state index in [1.165, 1.54) is 6.07 Å². The predicted octanol–water partition coefficient (Wildman–Crippen LogP) is 3.21. The zero-order chi connectivity index (χ0) is 16.9. The van der Waals surface area contributed by atoms with E-state index < -0.39 is 17.1 Å². The number of hydrogen-bond donors (Lipinski definition) is 1. The van der Waals surface area contributed by atoms with Gasteiger partial charge in [-0.3, -0.25) is 10.1 Å². The van der Waals surface area contributed by atoms with Crippen molar-refractivity contribution in [3.8, 4) is 0 Å². The summed E-state index contributed by atoms with van der Waals surface area (Å²) in [7, 11) is 0. The van der Waals surface area contributed by atoms with Gasteiger partial charge in [-0.05, 0) is 6.07 Å². The van der Waals surface area contributed by atoms with E-state index in [0.717, 1.165) is 5.56 Å². The molecule has 24 heavy (non-hydrogen) atoms. The number of para-hydroxylation sites is 1. The van der Waals surface area contributed by atoms with Crippen molar-refractivity contribution in [2.75, 3.05) is 0 Å². The summed E-state index contributed by atoms with van der Waals surface area (Å²) in [5.41, 5.74) is 1.09. The molecule has 0 radical (unpaired) electrons. The third-order valence-electron chi connectivity index (χ3n) is 3.95. The first-order chi connectivity index (χ1) is 11.7. The van der Waals surface area contributed by atoms with Crippen LogP contribution in [0.2, 0.25) is 0 Å². The first-order valence-corrected chi connectivity index (χ1v) is 7.60. The van der Waals surface area contributed by atoms with Crippen molar-refractivity contribution >= 4 is 5.69 Å². The summed E-state index contributed by atoms with van der Waals surface area (Å²) < 4.78 is 1.86. The molecule has 0 aliphatic carbocycles. The van der Waals surface area contributed by atoms with Crippen LogP contribution in [0.15, 0.2) is 85.2 Å². The lowest BCUT2D eigenvalue weighted by molar-refractivity contribution is -0.722. The van der Waals surface area contributed by atoms with Crippen LogP contribution in [0.25, 0.3) is 0 Å². The number of rotatable bonds is 5. The van der Waals surface area contributed by atoms with Crippen LogP contribution < -0.4 is 4.57 Å². The number of aliphatic hydroxyl groups excluding tert-OH is 1. The van der Waals surface area contributed by atoms with Gasteiger partial charge >= 0.3 is 0 Å². The molecule has 3 aromatic rings. The van der Waals surface area contributed by atoms with Gasteiger partial charge in [0.2, 0.25) is 6.04 Å². The summed E-state index contributed by atoms with van der Waals surface area (Å²) in [6.07, 6.45) is 2.63.